The molecule has 1 aliphatic heterocycles. The van der Waals surface area contributed by atoms with Gasteiger partial charge >= 0.3 is 0 Å². The molecule has 1 unspecified atom stereocenters. The minimum atomic E-state index is -0.621. The number of carbonyl (C=O) groups is 2. The van der Waals surface area contributed by atoms with Crippen molar-refractivity contribution in [2.45, 2.75) is 19.6 Å². The zero-order chi connectivity index (χ0) is 21.3. The van der Waals surface area contributed by atoms with Crippen molar-refractivity contribution in [2.24, 2.45) is 0 Å². The number of nitrogens with zero attached hydrogens (tertiary/aromatic N) is 1. The lowest BCUT2D eigenvalue weighted by Gasteiger charge is -2.33. The van der Waals surface area contributed by atoms with Gasteiger partial charge in [0.1, 0.15) is 11.6 Å². The van der Waals surface area contributed by atoms with Crippen LogP contribution < -0.4 is 15.0 Å². The second-order valence-electron chi connectivity index (χ2n) is 6.95. The number of benzene rings is 3. The van der Waals surface area contributed by atoms with Crippen LogP contribution in [0.1, 0.15) is 22.8 Å². The first-order valence-corrected chi connectivity index (χ1v) is 9.72. The van der Waals surface area contributed by atoms with Gasteiger partial charge in [0.25, 0.3) is 11.8 Å². The number of rotatable bonds is 4. The molecule has 0 radical (unpaired) electrons. The molecule has 0 saturated heterocycles. The maximum atomic E-state index is 13.1. The molecule has 1 atom stereocenters. The number of nitrogens with one attached hydrogen (secondary N) is 1. The molecule has 3 aromatic carbocycles. The largest absolute Gasteiger partial charge is 0.479 e. The van der Waals surface area contributed by atoms with E-state index in [0.29, 0.717) is 34.3 Å². The zero-order valence-corrected chi connectivity index (χ0v) is 16.8. The molecule has 0 bridgehead atoms. The number of hydrogen-bond acceptors (Lipinski definition) is 3. The van der Waals surface area contributed by atoms with Crippen molar-refractivity contribution in [2.75, 3.05) is 10.2 Å². The van der Waals surface area contributed by atoms with Crippen molar-refractivity contribution in [1.29, 1.82) is 0 Å². The molecule has 0 saturated carbocycles. The minimum absolute atomic E-state index is 0.181. The van der Waals surface area contributed by atoms with E-state index in [-0.39, 0.29) is 11.8 Å². The first-order chi connectivity index (χ1) is 14.4. The van der Waals surface area contributed by atoms with Crippen molar-refractivity contribution in [3.05, 3.63) is 88.7 Å². The molecule has 30 heavy (non-hydrogen) atoms. The molecule has 152 valence electrons. The fraction of sp³-hybridized carbons (Fsp3) is 0.130. The van der Waals surface area contributed by atoms with Crippen LogP contribution in [0, 0.1) is 5.82 Å². The number of ether oxygens (including phenoxy) is 1. The summed E-state index contributed by atoms with van der Waals surface area (Å²) in [5.41, 5.74) is 2.29. The molecule has 0 aliphatic carbocycles. The molecule has 0 aromatic heterocycles. The fourth-order valence-electron chi connectivity index (χ4n) is 3.22. The minimum Gasteiger partial charge on any atom is -0.479 e. The molecule has 0 spiro atoms. The summed E-state index contributed by atoms with van der Waals surface area (Å²) in [6.45, 7) is 2.04. The Kier molecular flexibility index (Phi) is 5.42. The summed E-state index contributed by atoms with van der Waals surface area (Å²) in [5.74, 6) is -0.422. The number of halogens is 2. The van der Waals surface area contributed by atoms with Gasteiger partial charge in [-0.2, -0.15) is 0 Å². The van der Waals surface area contributed by atoms with Gasteiger partial charge in [-0.25, -0.2) is 4.39 Å². The van der Waals surface area contributed by atoms with Gasteiger partial charge in [-0.1, -0.05) is 23.7 Å². The Morgan fingerprint density at radius 1 is 1.10 bits per heavy atom. The summed E-state index contributed by atoms with van der Waals surface area (Å²) in [5, 5.41) is 3.39. The third-order valence-electron chi connectivity index (χ3n) is 4.79. The number of anilines is 2. The monoisotopic (exact) mass is 424 g/mol. The van der Waals surface area contributed by atoms with E-state index in [1.165, 1.54) is 24.3 Å². The third kappa shape index (κ3) is 4.14. The normalized spacial score (nSPS) is 15.4. The van der Waals surface area contributed by atoms with Crippen LogP contribution >= 0.6 is 11.6 Å². The van der Waals surface area contributed by atoms with Gasteiger partial charge in [0.2, 0.25) is 0 Å². The molecule has 0 fully saturated rings. The number of fused-ring (bicyclic) bond motifs is 1. The first-order valence-electron chi connectivity index (χ1n) is 9.34. The lowest BCUT2D eigenvalue weighted by Crippen LogP contribution is -2.44. The molecule has 1 N–H and O–H groups in total. The third-order valence-corrected chi connectivity index (χ3v) is 5.04. The van der Waals surface area contributed by atoms with Gasteiger partial charge in [-0.05, 0) is 67.1 Å². The van der Waals surface area contributed by atoms with Gasteiger partial charge in [-0.15, -0.1) is 0 Å². The van der Waals surface area contributed by atoms with Crippen LogP contribution in [0.25, 0.3) is 0 Å². The Hall–Kier alpha value is -3.38. The van der Waals surface area contributed by atoms with E-state index in [1.807, 2.05) is 12.1 Å². The highest BCUT2D eigenvalue weighted by atomic mass is 35.5. The van der Waals surface area contributed by atoms with E-state index in [2.05, 4.69) is 5.32 Å². The average Bonchev–Trinajstić information content (AvgIpc) is 2.73. The zero-order valence-electron chi connectivity index (χ0n) is 16.1. The molecular formula is C23H18ClFN2O3. The summed E-state index contributed by atoms with van der Waals surface area (Å²) < 4.78 is 18.8. The Bertz CT molecular complexity index is 1100. The SMILES string of the molecule is CC1Oc2ccc(NC(=O)c3ccc(F)cc3)cc2N(Cc2ccc(Cl)cc2)C1=O. The van der Waals surface area contributed by atoms with Gasteiger partial charge in [-0.3, -0.25) is 9.59 Å². The fourth-order valence-corrected chi connectivity index (χ4v) is 3.35. The number of hydrogen-bond donors (Lipinski definition) is 1. The molecule has 7 heteroatoms. The van der Waals surface area contributed by atoms with E-state index in [1.54, 1.807) is 42.2 Å². The van der Waals surface area contributed by atoms with Crippen molar-refractivity contribution in [1.82, 2.24) is 0 Å². The summed E-state index contributed by atoms with van der Waals surface area (Å²) in [6.07, 6.45) is -0.621. The molecule has 5 nitrogen and oxygen atoms in total. The van der Waals surface area contributed by atoms with Gasteiger partial charge in [0.15, 0.2) is 6.10 Å². The smallest absolute Gasteiger partial charge is 0.268 e. The average molecular weight is 425 g/mol. The maximum absolute atomic E-state index is 13.1. The van der Waals surface area contributed by atoms with E-state index < -0.39 is 11.9 Å². The van der Waals surface area contributed by atoms with Gasteiger partial charge in [0, 0.05) is 16.3 Å². The topological polar surface area (TPSA) is 58.6 Å². The van der Waals surface area contributed by atoms with Gasteiger partial charge < -0.3 is 15.0 Å². The molecule has 4 rings (SSSR count). The Morgan fingerprint density at radius 2 is 1.80 bits per heavy atom. The van der Waals surface area contributed by atoms with Crippen molar-refractivity contribution in [3.63, 3.8) is 0 Å². The highest BCUT2D eigenvalue weighted by Gasteiger charge is 2.31. The van der Waals surface area contributed by atoms with Crippen molar-refractivity contribution >= 4 is 34.8 Å². The quantitative estimate of drug-likeness (QED) is 0.638. The van der Waals surface area contributed by atoms with E-state index >= 15 is 0 Å². The van der Waals surface area contributed by atoms with Crippen molar-refractivity contribution in [3.8, 4) is 5.75 Å². The van der Waals surface area contributed by atoms with Crippen LogP contribution in [-0.2, 0) is 11.3 Å². The number of carbonyl (C=O) groups excluding carboxylic acids is 2. The lowest BCUT2D eigenvalue weighted by atomic mass is 10.1. The predicted octanol–water partition coefficient (Wildman–Crippen LogP) is 5.05. The lowest BCUT2D eigenvalue weighted by molar-refractivity contribution is -0.125. The number of amides is 2. The summed E-state index contributed by atoms with van der Waals surface area (Å²) >= 11 is 5.95. The van der Waals surface area contributed by atoms with Gasteiger partial charge in [0.05, 0.1) is 12.2 Å². The van der Waals surface area contributed by atoms with Crippen LogP contribution in [-0.4, -0.2) is 17.9 Å². The van der Waals surface area contributed by atoms with Crippen LogP contribution in [0.3, 0.4) is 0 Å². The Morgan fingerprint density at radius 3 is 2.50 bits per heavy atom. The summed E-state index contributed by atoms with van der Waals surface area (Å²) in [7, 11) is 0. The van der Waals surface area contributed by atoms with E-state index in [0.717, 1.165) is 5.56 Å². The molecule has 1 aliphatic rings. The van der Waals surface area contributed by atoms with Crippen LogP contribution in [0.15, 0.2) is 66.7 Å². The Labute approximate surface area is 178 Å². The molecule has 2 amide bonds. The molecular weight excluding hydrogens is 407 g/mol. The van der Waals surface area contributed by atoms with Crippen molar-refractivity contribution < 1.29 is 18.7 Å². The molecule has 3 aromatic rings. The standard InChI is InChI=1S/C23H18ClFN2O3/c1-14-23(29)27(13-15-2-6-17(24)7-3-15)20-12-19(10-11-21(20)30-14)26-22(28)16-4-8-18(25)9-5-16/h2-12,14H,13H2,1H3,(H,26,28). The first kappa shape index (κ1) is 19.9. The predicted molar refractivity (Wildman–Crippen MR) is 114 cm³/mol. The molecule has 1 heterocycles. The highest BCUT2D eigenvalue weighted by molar-refractivity contribution is 6.30. The summed E-state index contributed by atoms with van der Waals surface area (Å²) in [4.78, 5) is 26.9. The summed E-state index contributed by atoms with van der Waals surface area (Å²) in [6, 6.07) is 17.6. The van der Waals surface area contributed by atoms with Crippen LogP contribution in [0.2, 0.25) is 5.02 Å². The highest BCUT2D eigenvalue weighted by Crippen LogP contribution is 2.37. The second kappa shape index (κ2) is 8.16. The van der Waals surface area contributed by atoms with E-state index in [9.17, 15) is 14.0 Å². The van der Waals surface area contributed by atoms with Crippen LogP contribution in [0.5, 0.6) is 5.75 Å². The Balaban J connectivity index is 1.62. The van der Waals surface area contributed by atoms with Crippen LogP contribution in [0.4, 0.5) is 15.8 Å². The maximum Gasteiger partial charge on any atom is 0.268 e. The van der Waals surface area contributed by atoms with E-state index in [4.69, 9.17) is 16.3 Å². The second-order valence-corrected chi connectivity index (χ2v) is 7.39.